The number of aromatic nitrogens is 4. The summed E-state index contributed by atoms with van der Waals surface area (Å²) in [5.74, 6) is 0.748. The summed E-state index contributed by atoms with van der Waals surface area (Å²) in [6, 6.07) is 27.7. The molecule has 3 N–H and O–H groups in total. The smallest absolute Gasteiger partial charge is 0.234 e. The van der Waals surface area contributed by atoms with Gasteiger partial charge in [0.1, 0.15) is 5.52 Å². The zero-order chi connectivity index (χ0) is 34.7. The maximum absolute atomic E-state index is 12.6. The van der Waals surface area contributed by atoms with Crippen LogP contribution in [0, 0.1) is 0 Å². The van der Waals surface area contributed by atoms with Crippen LogP contribution < -0.4 is 20.9 Å². The van der Waals surface area contributed by atoms with Gasteiger partial charge in [0, 0.05) is 55.2 Å². The molecule has 2 amide bonds. The van der Waals surface area contributed by atoms with Gasteiger partial charge in [-0.05, 0) is 86.7 Å². The van der Waals surface area contributed by atoms with Gasteiger partial charge in [-0.1, -0.05) is 55.3 Å². The average Bonchev–Trinajstić information content (AvgIpc) is 3.81. The molecule has 11 heteroatoms. The topological polar surface area (TPSA) is 120 Å². The Labute approximate surface area is 298 Å². The second-order valence-electron chi connectivity index (χ2n) is 14.1. The molecule has 2 aliphatic heterocycles. The normalized spacial score (nSPS) is 18.8. The summed E-state index contributed by atoms with van der Waals surface area (Å²) in [5.41, 5.74) is 6.98. The van der Waals surface area contributed by atoms with E-state index in [0.29, 0.717) is 30.9 Å². The Morgan fingerprint density at radius 1 is 0.824 bits per heavy atom. The van der Waals surface area contributed by atoms with Crippen molar-refractivity contribution in [2.24, 2.45) is 0 Å². The van der Waals surface area contributed by atoms with Crippen molar-refractivity contribution >= 4 is 51.9 Å². The third-order valence-corrected chi connectivity index (χ3v) is 10.8. The molecule has 1 saturated carbocycles. The van der Waals surface area contributed by atoms with Crippen LogP contribution in [-0.4, -0.2) is 62.4 Å². The number of hydrogen-bond acceptors (Lipinski definition) is 9. The molecule has 4 heterocycles. The molecule has 5 aromatic rings. The molecule has 2 saturated heterocycles. The van der Waals surface area contributed by atoms with E-state index >= 15 is 0 Å². The summed E-state index contributed by atoms with van der Waals surface area (Å²) < 4.78 is 2.27. The second-order valence-corrected chi connectivity index (χ2v) is 14.1. The number of nitrogens with zero attached hydrogens (tertiary/aromatic N) is 6. The molecule has 0 bridgehead atoms. The van der Waals surface area contributed by atoms with Gasteiger partial charge in [0.15, 0.2) is 5.65 Å². The third kappa shape index (κ3) is 7.16. The first-order valence-corrected chi connectivity index (χ1v) is 18.3. The summed E-state index contributed by atoms with van der Waals surface area (Å²) in [5, 5.41) is 9.47. The number of para-hydroxylation sites is 1. The van der Waals surface area contributed by atoms with Crippen LogP contribution >= 0.6 is 0 Å². The zero-order valence-corrected chi connectivity index (χ0v) is 29.1. The summed E-state index contributed by atoms with van der Waals surface area (Å²) in [4.78, 5) is 43.7. The van der Waals surface area contributed by atoms with Gasteiger partial charge in [-0.15, -0.1) is 0 Å². The van der Waals surface area contributed by atoms with E-state index in [1.165, 1.54) is 18.5 Å². The SMILES string of the molecule is CN(Cc1ccccc1C1CCC(=O)NC1=O)C1CCN(c2ccc(Nc3ncc4nc(Nc5ccccc5)n(C5CCCC5)c4n3)cc2)CC1. The maximum Gasteiger partial charge on any atom is 0.234 e. The molecule has 3 aliphatic rings. The van der Waals surface area contributed by atoms with Crippen molar-refractivity contribution in [3.8, 4) is 0 Å². The minimum atomic E-state index is -0.267. The molecule has 8 rings (SSSR count). The number of carbonyl (C=O) groups excluding carboxylic acids is 2. The van der Waals surface area contributed by atoms with Gasteiger partial charge >= 0.3 is 0 Å². The molecule has 1 aliphatic carbocycles. The van der Waals surface area contributed by atoms with Crippen LogP contribution in [0.5, 0.6) is 0 Å². The Balaban J connectivity index is 0.900. The number of benzene rings is 3. The number of anilines is 5. The number of hydrogen-bond donors (Lipinski definition) is 3. The Hall–Kier alpha value is -5.29. The molecule has 2 aromatic heterocycles. The van der Waals surface area contributed by atoms with Crippen LogP contribution in [0.3, 0.4) is 0 Å². The van der Waals surface area contributed by atoms with Gasteiger partial charge in [0.2, 0.25) is 23.7 Å². The van der Waals surface area contributed by atoms with E-state index in [1.807, 2.05) is 42.6 Å². The van der Waals surface area contributed by atoms with E-state index in [1.54, 1.807) is 0 Å². The highest BCUT2D eigenvalue weighted by molar-refractivity contribution is 6.01. The molecule has 262 valence electrons. The van der Waals surface area contributed by atoms with Gasteiger partial charge in [0.25, 0.3) is 0 Å². The largest absolute Gasteiger partial charge is 0.371 e. The van der Waals surface area contributed by atoms with Crippen molar-refractivity contribution in [3.63, 3.8) is 0 Å². The highest BCUT2D eigenvalue weighted by Crippen LogP contribution is 2.36. The minimum absolute atomic E-state index is 0.177. The summed E-state index contributed by atoms with van der Waals surface area (Å²) in [7, 11) is 2.18. The fourth-order valence-corrected chi connectivity index (χ4v) is 8.05. The fraction of sp³-hybridized carbons (Fsp3) is 0.375. The first-order chi connectivity index (χ1) is 25.0. The second kappa shape index (κ2) is 14.5. The first-order valence-electron chi connectivity index (χ1n) is 18.3. The first kappa shape index (κ1) is 32.9. The third-order valence-electron chi connectivity index (χ3n) is 10.8. The lowest BCUT2D eigenvalue weighted by Gasteiger charge is -2.38. The van der Waals surface area contributed by atoms with Crippen LogP contribution in [0.1, 0.15) is 74.5 Å². The Morgan fingerprint density at radius 3 is 2.31 bits per heavy atom. The number of rotatable bonds is 10. The zero-order valence-electron chi connectivity index (χ0n) is 29.1. The van der Waals surface area contributed by atoms with Gasteiger partial charge in [-0.3, -0.25) is 24.4 Å². The van der Waals surface area contributed by atoms with E-state index < -0.39 is 0 Å². The van der Waals surface area contributed by atoms with E-state index in [9.17, 15) is 9.59 Å². The molecule has 1 unspecified atom stereocenters. The Bertz CT molecular complexity index is 2000. The average molecular weight is 684 g/mol. The van der Waals surface area contributed by atoms with Crippen molar-refractivity contribution in [3.05, 3.63) is 96.2 Å². The number of nitrogens with one attached hydrogen (secondary N) is 3. The molecule has 11 nitrogen and oxygen atoms in total. The lowest BCUT2D eigenvalue weighted by atomic mass is 9.87. The number of imidazole rings is 1. The Kier molecular flexibility index (Phi) is 9.36. The van der Waals surface area contributed by atoms with Crippen molar-refractivity contribution in [1.29, 1.82) is 0 Å². The number of carbonyl (C=O) groups is 2. The van der Waals surface area contributed by atoms with Crippen LogP contribution in [0.15, 0.2) is 85.1 Å². The van der Waals surface area contributed by atoms with E-state index in [2.05, 4.69) is 84.8 Å². The molecule has 51 heavy (non-hydrogen) atoms. The van der Waals surface area contributed by atoms with Crippen LogP contribution in [0.4, 0.5) is 29.0 Å². The number of amides is 2. The molecule has 0 radical (unpaired) electrons. The quantitative estimate of drug-likeness (QED) is 0.133. The standard InChI is InChI=1S/C40H45N9O2/c1-47(26-27-9-5-8-14-33(27)34-19-20-36(50)45-38(34)51)30-21-23-48(24-22-30)31-17-15-29(16-18-31)42-39-41-25-35-37(46-39)49(32-12-6-7-13-32)40(44-35)43-28-10-3-2-4-11-28/h2-5,8-11,14-18,25,30,32,34H,6-7,12-13,19-24,26H2,1H3,(H,43,44)(H,41,42,46)(H,45,50,51). The van der Waals surface area contributed by atoms with Gasteiger partial charge in [-0.2, -0.15) is 4.98 Å². The van der Waals surface area contributed by atoms with Gasteiger partial charge < -0.3 is 15.5 Å². The van der Waals surface area contributed by atoms with E-state index in [0.717, 1.165) is 84.9 Å². The number of piperidine rings is 2. The van der Waals surface area contributed by atoms with Crippen molar-refractivity contribution in [1.82, 2.24) is 29.7 Å². The lowest BCUT2D eigenvalue weighted by Crippen LogP contribution is -2.43. The van der Waals surface area contributed by atoms with Crippen LogP contribution in [0.2, 0.25) is 0 Å². The van der Waals surface area contributed by atoms with E-state index in [4.69, 9.17) is 9.97 Å². The molecular formula is C40H45N9O2. The maximum atomic E-state index is 12.6. The number of fused-ring (bicyclic) bond motifs is 1. The lowest BCUT2D eigenvalue weighted by molar-refractivity contribution is -0.134. The monoisotopic (exact) mass is 683 g/mol. The minimum Gasteiger partial charge on any atom is -0.371 e. The Morgan fingerprint density at radius 2 is 1.55 bits per heavy atom. The van der Waals surface area contributed by atoms with Crippen molar-refractivity contribution in [2.45, 2.75) is 75.9 Å². The highest BCUT2D eigenvalue weighted by atomic mass is 16.2. The summed E-state index contributed by atoms with van der Waals surface area (Å²) in [6.45, 7) is 2.72. The van der Waals surface area contributed by atoms with Crippen LogP contribution in [0.25, 0.3) is 11.2 Å². The van der Waals surface area contributed by atoms with Crippen LogP contribution in [-0.2, 0) is 16.1 Å². The summed E-state index contributed by atoms with van der Waals surface area (Å²) in [6.07, 6.45) is 9.56. The fourth-order valence-electron chi connectivity index (χ4n) is 8.05. The predicted molar refractivity (Wildman–Crippen MR) is 201 cm³/mol. The van der Waals surface area contributed by atoms with Gasteiger partial charge in [-0.25, -0.2) is 9.97 Å². The van der Waals surface area contributed by atoms with Crippen molar-refractivity contribution < 1.29 is 9.59 Å². The van der Waals surface area contributed by atoms with Crippen molar-refractivity contribution in [2.75, 3.05) is 35.7 Å². The number of imide groups is 1. The molecule has 3 aromatic carbocycles. The molecule has 0 spiro atoms. The molecule has 1 atom stereocenters. The molecule has 3 fully saturated rings. The highest BCUT2D eigenvalue weighted by Gasteiger charge is 2.31. The van der Waals surface area contributed by atoms with Gasteiger partial charge in [0.05, 0.1) is 12.1 Å². The van der Waals surface area contributed by atoms with E-state index in [-0.39, 0.29) is 17.7 Å². The predicted octanol–water partition coefficient (Wildman–Crippen LogP) is 7.05. The summed E-state index contributed by atoms with van der Waals surface area (Å²) >= 11 is 0. The molecular weight excluding hydrogens is 639 g/mol.